The average molecular weight is 347 g/mol. The highest BCUT2D eigenvalue weighted by molar-refractivity contribution is 5.91. The van der Waals surface area contributed by atoms with Crippen molar-refractivity contribution in [2.45, 2.75) is 58.8 Å². The lowest BCUT2D eigenvalue weighted by molar-refractivity contribution is -0.117. The van der Waals surface area contributed by atoms with Crippen LogP contribution in [0.4, 0.5) is 0 Å². The first-order chi connectivity index (χ1) is 12.5. The lowest BCUT2D eigenvalue weighted by Crippen LogP contribution is -2.49. The Labute approximate surface area is 157 Å². The number of hydrogen-bond acceptors (Lipinski definition) is 1. The van der Waals surface area contributed by atoms with Crippen LogP contribution in [0.2, 0.25) is 0 Å². The first kappa shape index (κ1) is 16.5. The van der Waals surface area contributed by atoms with E-state index in [0.29, 0.717) is 11.2 Å². The van der Waals surface area contributed by atoms with Crippen LogP contribution >= 0.6 is 0 Å². The molecule has 5 rings (SSSR count). The summed E-state index contributed by atoms with van der Waals surface area (Å²) in [4.78, 5) is 12.0. The molecule has 1 aromatic carbocycles. The van der Waals surface area contributed by atoms with Crippen LogP contribution in [0.15, 0.2) is 48.1 Å². The van der Waals surface area contributed by atoms with Gasteiger partial charge in [-0.25, -0.2) is 0 Å². The molecule has 1 aromatic rings. The van der Waals surface area contributed by atoms with Crippen LogP contribution in [0, 0.1) is 28.6 Å². The second-order valence-electron chi connectivity index (χ2n) is 9.64. The van der Waals surface area contributed by atoms with E-state index in [4.69, 9.17) is 0 Å². The second kappa shape index (κ2) is 5.68. The number of benzene rings is 1. The molecule has 1 nitrogen and oxygen atoms in total. The molecule has 0 amide bonds. The smallest absolute Gasteiger partial charge is 0.155 e. The van der Waals surface area contributed by atoms with E-state index in [0.717, 1.165) is 37.0 Å². The van der Waals surface area contributed by atoms with E-state index in [9.17, 15) is 4.79 Å². The Morgan fingerprint density at radius 2 is 1.73 bits per heavy atom. The largest absolute Gasteiger partial charge is 0.295 e. The number of fused-ring (bicyclic) bond motifs is 5. The third-order valence-electron chi connectivity index (χ3n) is 8.63. The van der Waals surface area contributed by atoms with E-state index in [-0.39, 0.29) is 5.41 Å². The van der Waals surface area contributed by atoms with E-state index < -0.39 is 0 Å². The number of ketones is 1. The summed E-state index contributed by atoms with van der Waals surface area (Å²) in [5.74, 6) is 2.75. The van der Waals surface area contributed by atoms with Gasteiger partial charge in [0.1, 0.15) is 0 Å². The maximum atomic E-state index is 12.0. The highest BCUT2D eigenvalue weighted by Crippen LogP contribution is 2.66. The predicted octanol–water partition coefficient (Wildman–Crippen LogP) is 6.21. The van der Waals surface area contributed by atoms with Crippen molar-refractivity contribution in [2.24, 2.45) is 28.6 Å². The summed E-state index contributed by atoms with van der Waals surface area (Å²) in [7, 11) is 0. The van der Waals surface area contributed by atoms with Crippen molar-refractivity contribution in [3.05, 3.63) is 53.6 Å². The standard InChI is InChI=1S/C25H30O/c1-24-14-12-19(26)16-18(24)8-9-20-22-11-10-21(17-6-4-3-5-7-17)25(22,2)15-13-23(20)24/h3-7,10,16,20,22-23H,8-9,11-15H2,1-2H3/t20-,22-,23-,24-,25+/m0/s1. The molecule has 2 saturated carbocycles. The van der Waals surface area contributed by atoms with Gasteiger partial charge in [0, 0.05) is 6.42 Å². The van der Waals surface area contributed by atoms with E-state index >= 15 is 0 Å². The van der Waals surface area contributed by atoms with Crippen molar-refractivity contribution in [3.63, 3.8) is 0 Å². The van der Waals surface area contributed by atoms with Crippen molar-refractivity contribution >= 4 is 11.4 Å². The van der Waals surface area contributed by atoms with Gasteiger partial charge < -0.3 is 0 Å². The van der Waals surface area contributed by atoms with E-state index in [1.54, 1.807) is 5.57 Å². The monoisotopic (exact) mass is 346 g/mol. The van der Waals surface area contributed by atoms with E-state index in [1.807, 2.05) is 6.08 Å². The van der Waals surface area contributed by atoms with Crippen molar-refractivity contribution in [1.82, 2.24) is 0 Å². The van der Waals surface area contributed by atoms with Gasteiger partial charge in [-0.3, -0.25) is 4.79 Å². The maximum absolute atomic E-state index is 12.0. The lowest BCUT2D eigenvalue weighted by Gasteiger charge is -2.58. The van der Waals surface area contributed by atoms with Gasteiger partial charge in [0.2, 0.25) is 0 Å². The third kappa shape index (κ3) is 2.19. The minimum absolute atomic E-state index is 0.285. The Balaban J connectivity index is 1.48. The summed E-state index contributed by atoms with van der Waals surface area (Å²) in [6.45, 7) is 5.02. The van der Waals surface area contributed by atoms with Gasteiger partial charge in [-0.2, -0.15) is 0 Å². The number of allylic oxidation sites excluding steroid dienone is 4. The molecule has 5 atom stereocenters. The van der Waals surface area contributed by atoms with Crippen LogP contribution in [-0.2, 0) is 4.79 Å². The van der Waals surface area contributed by atoms with Crippen LogP contribution < -0.4 is 0 Å². The summed E-state index contributed by atoms with van der Waals surface area (Å²) < 4.78 is 0. The van der Waals surface area contributed by atoms with Crippen molar-refractivity contribution in [2.75, 3.05) is 0 Å². The molecule has 0 unspecified atom stereocenters. The summed E-state index contributed by atoms with van der Waals surface area (Å²) in [5, 5.41) is 0. The predicted molar refractivity (Wildman–Crippen MR) is 107 cm³/mol. The summed E-state index contributed by atoms with van der Waals surface area (Å²) in [6, 6.07) is 11.1. The van der Waals surface area contributed by atoms with Crippen LogP contribution in [-0.4, -0.2) is 5.78 Å². The van der Waals surface area contributed by atoms with Gasteiger partial charge in [0.05, 0.1) is 0 Å². The molecule has 136 valence electrons. The molecule has 0 radical (unpaired) electrons. The van der Waals surface area contributed by atoms with Gasteiger partial charge in [-0.15, -0.1) is 0 Å². The fourth-order valence-electron chi connectivity index (χ4n) is 7.19. The molecule has 0 N–H and O–H groups in total. The second-order valence-corrected chi connectivity index (χ2v) is 9.64. The molecule has 4 aliphatic carbocycles. The number of hydrogen-bond donors (Lipinski definition) is 0. The molecule has 2 fully saturated rings. The number of carbonyl (C=O) groups is 1. The highest BCUT2D eigenvalue weighted by Gasteiger charge is 2.57. The zero-order chi connectivity index (χ0) is 17.9. The molecule has 0 heterocycles. The Morgan fingerprint density at radius 3 is 2.54 bits per heavy atom. The van der Waals surface area contributed by atoms with Crippen LogP contribution in [0.3, 0.4) is 0 Å². The van der Waals surface area contributed by atoms with Gasteiger partial charge in [-0.1, -0.05) is 55.8 Å². The first-order valence-electron chi connectivity index (χ1n) is 10.5. The third-order valence-corrected chi connectivity index (χ3v) is 8.63. The topological polar surface area (TPSA) is 17.1 Å². The van der Waals surface area contributed by atoms with Crippen LogP contribution in [0.5, 0.6) is 0 Å². The zero-order valence-corrected chi connectivity index (χ0v) is 16.1. The molecule has 26 heavy (non-hydrogen) atoms. The minimum atomic E-state index is 0.285. The molecule has 0 spiro atoms. The van der Waals surface area contributed by atoms with Crippen molar-refractivity contribution in [3.8, 4) is 0 Å². The summed E-state index contributed by atoms with van der Waals surface area (Å²) >= 11 is 0. The first-order valence-corrected chi connectivity index (χ1v) is 10.5. The Kier molecular flexibility index (Phi) is 3.61. The fourth-order valence-corrected chi connectivity index (χ4v) is 7.19. The molecule has 0 bridgehead atoms. The average Bonchev–Trinajstić information content (AvgIpc) is 3.00. The van der Waals surface area contributed by atoms with E-state index in [1.165, 1.54) is 36.8 Å². The Morgan fingerprint density at radius 1 is 0.923 bits per heavy atom. The number of rotatable bonds is 1. The van der Waals surface area contributed by atoms with Gasteiger partial charge in [0.15, 0.2) is 5.78 Å². The maximum Gasteiger partial charge on any atom is 0.155 e. The molecule has 0 aromatic heterocycles. The quantitative estimate of drug-likeness (QED) is 0.590. The normalized spacial score (nSPS) is 41.6. The number of carbonyl (C=O) groups excluding carboxylic acids is 1. The Bertz CT molecular complexity index is 801. The van der Waals surface area contributed by atoms with Crippen molar-refractivity contribution in [1.29, 1.82) is 0 Å². The molecular formula is C25H30O. The summed E-state index contributed by atoms with van der Waals surface area (Å²) in [6.07, 6.45) is 12.7. The summed E-state index contributed by atoms with van der Waals surface area (Å²) in [5.41, 5.74) is 5.14. The zero-order valence-electron chi connectivity index (χ0n) is 16.1. The lowest BCUT2D eigenvalue weighted by atomic mass is 9.46. The molecule has 4 aliphatic rings. The van der Waals surface area contributed by atoms with Crippen LogP contribution in [0.25, 0.3) is 5.57 Å². The van der Waals surface area contributed by atoms with Gasteiger partial charge in [-0.05, 0) is 84.3 Å². The van der Waals surface area contributed by atoms with Gasteiger partial charge in [0.25, 0.3) is 0 Å². The van der Waals surface area contributed by atoms with E-state index in [2.05, 4.69) is 50.3 Å². The highest BCUT2D eigenvalue weighted by atomic mass is 16.1. The molecule has 1 heteroatoms. The fraction of sp³-hybridized carbons (Fsp3) is 0.560. The Hall–Kier alpha value is -1.63. The molecule has 0 saturated heterocycles. The SMILES string of the molecule is C[C@]12CCC(=O)C=C1CC[C@@H]1[C@@H]2CC[C@]2(C)C(c3ccccc3)=CC[C@@H]12. The minimum Gasteiger partial charge on any atom is -0.295 e. The van der Waals surface area contributed by atoms with Crippen LogP contribution in [0.1, 0.15) is 64.4 Å². The molecular weight excluding hydrogens is 316 g/mol. The molecule has 0 aliphatic heterocycles. The van der Waals surface area contributed by atoms with Crippen molar-refractivity contribution < 1.29 is 4.79 Å². The van der Waals surface area contributed by atoms with Gasteiger partial charge >= 0.3 is 0 Å².